The molecule has 0 spiro atoms. The summed E-state index contributed by atoms with van der Waals surface area (Å²) in [5, 5.41) is 14.0. The van der Waals surface area contributed by atoms with Crippen LogP contribution in [0.4, 0.5) is 0 Å². The number of Topliss-reactive ketones (excluding diaryl/α,β-unsaturated/α-hetero) is 1. The van der Waals surface area contributed by atoms with Gasteiger partial charge in [-0.25, -0.2) is 4.98 Å². The molecule has 2 N–H and O–H groups in total. The number of hydrogen-bond acceptors (Lipinski definition) is 5. The van der Waals surface area contributed by atoms with Crippen LogP contribution in [0.15, 0.2) is 23.3 Å². The molecule has 1 aromatic carbocycles. The maximum absolute atomic E-state index is 12.5. The Hall–Kier alpha value is -1.70. The number of benzene rings is 1. The number of ketones is 1. The van der Waals surface area contributed by atoms with Gasteiger partial charge in [0.15, 0.2) is 5.78 Å². The maximum atomic E-state index is 12.5. The van der Waals surface area contributed by atoms with Crippen molar-refractivity contribution in [2.45, 2.75) is 38.0 Å². The van der Waals surface area contributed by atoms with Crippen LogP contribution in [0.3, 0.4) is 0 Å². The summed E-state index contributed by atoms with van der Waals surface area (Å²) in [6, 6.07) is 3.11. The molecule has 3 rings (SSSR count). The van der Waals surface area contributed by atoms with E-state index in [0.29, 0.717) is 22.3 Å². The van der Waals surface area contributed by atoms with Crippen molar-refractivity contribution in [2.24, 2.45) is 0 Å². The normalized spacial score (nSPS) is 21.1. The van der Waals surface area contributed by atoms with E-state index in [2.05, 4.69) is 10.3 Å². The van der Waals surface area contributed by atoms with Crippen molar-refractivity contribution in [1.82, 2.24) is 14.9 Å². The summed E-state index contributed by atoms with van der Waals surface area (Å²) in [7, 11) is 1.85. The molecule has 126 valence electrons. The molecule has 2 aromatic rings. The molecule has 6 nitrogen and oxygen atoms in total. The van der Waals surface area contributed by atoms with Crippen LogP contribution in [0.25, 0.3) is 10.9 Å². The minimum atomic E-state index is -0.518. The van der Waals surface area contributed by atoms with Gasteiger partial charge < -0.3 is 10.4 Å². The molecule has 2 atom stereocenters. The van der Waals surface area contributed by atoms with Crippen molar-refractivity contribution in [3.05, 3.63) is 33.8 Å². The minimum Gasteiger partial charge on any atom is -0.391 e. The van der Waals surface area contributed by atoms with E-state index in [9.17, 15) is 14.7 Å². The minimum absolute atomic E-state index is 0.0574. The number of hydrogen-bond donors (Lipinski definition) is 2. The number of carbonyl (C=O) groups is 1. The standard InChI is InChI=1S/C16H19BClN3O3/c17-11-6-13-10(5-12(11)18)16(24)21(8-20-13)7-9(22)4-14-15(23)2-1-3-19-14/h5-6,8,14-15,19,23H,1-4,7,17H2. The van der Waals surface area contributed by atoms with Crippen molar-refractivity contribution in [3.63, 3.8) is 0 Å². The highest BCUT2D eigenvalue weighted by molar-refractivity contribution is 6.45. The van der Waals surface area contributed by atoms with Crippen molar-refractivity contribution >= 4 is 41.6 Å². The predicted octanol–water partition coefficient (Wildman–Crippen LogP) is -0.620. The average Bonchev–Trinajstić information content (AvgIpc) is 2.54. The maximum Gasteiger partial charge on any atom is 0.261 e. The van der Waals surface area contributed by atoms with Crippen LogP contribution in [0.1, 0.15) is 19.3 Å². The topological polar surface area (TPSA) is 84.2 Å². The Morgan fingerprint density at radius 3 is 3.04 bits per heavy atom. The van der Waals surface area contributed by atoms with Gasteiger partial charge in [0.1, 0.15) is 7.85 Å². The monoisotopic (exact) mass is 347 g/mol. The number of aliphatic hydroxyl groups excluding tert-OH is 1. The van der Waals surface area contributed by atoms with Gasteiger partial charge in [-0.3, -0.25) is 14.2 Å². The zero-order chi connectivity index (χ0) is 17.3. The van der Waals surface area contributed by atoms with Crippen LogP contribution in [-0.2, 0) is 11.3 Å². The van der Waals surface area contributed by atoms with Crippen LogP contribution < -0.4 is 16.3 Å². The molecule has 1 saturated heterocycles. The van der Waals surface area contributed by atoms with Crippen molar-refractivity contribution in [2.75, 3.05) is 6.54 Å². The summed E-state index contributed by atoms with van der Waals surface area (Å²) in [6.07, 6.45) is 2.66. The zero-order valence-corrected chi connectivity index (χ0v) is 14.2. The van der Waals surface area contributed by atoms with Crippen LogP contribution in [0.5, 0.6) is 0 Å². The highest BCUT2D eigenvalue weighted by Gasteiger charge is 2.25. The number of aromatic nitrogens is 2. The first kappa shape index (κ1) is 17.1. The fourth-order valence-electron chi connectivity index (χ4n) is 3.04. The van der Waals surface area contributed by atoms with E-state index in [4.69, 9.17) is 11.6 Å². The lowest BCUT2D eigenvalue weighted by Gasteiger charge is -2.28. The summed E-state index contributed by atoms with van der Waals surface area (Å²) in [5.74, 6) is -0.116. The number of halogens is 1. The molecule has 0 amide bonds. The molecular formula is C16H19BClN3O3. The summed E-state index contributed by atoms with van der Waals surface area (Å²) in [4.78, 5) is 29.0. The Balaban J connectivity index is 1.79. The molecule has 8 heteroatoms. The second-order valence-electron chi connectivity index (χ2n) is 6.31. The van der Waals surface area contributed by atoms with Gasteiger partial charge in [0.2, 0.25) is 0 Å². The largest absolute Gasteiger partial charge is 0.391 e. The van der Waals surface area contributed by atoms with Gasteiger partial charge >= 0.3 is 0 Å². The summed E-state index contributed by atoms with van der Waals surface area (Å²) in [6.45, 7) is 0.739. The number of fused-ring (bicyclic) bond motifs is 1. The van der Waals surface area contributed by atoms with Gasteiger partial charge in [-0.05, 0) is 31.5 Å². The quantitative estimate of drug-likeness (QED) is 0.720. The van der Waals surface area contributed by atoms with E-state index < -0.39 is 6.10 Å². The van der Waals surface area contributed by atoms with Gasteiger partial charge in [0.25, 0.3) is 5.56 Å². The summed E-state index contributed by atoms with van der Waals surface area (Å²) >= 11 is 6.08. The van der Waals surface area contributed by atoms with Crippen LogP contribution in [-0.4, -0.2) is 47.0 Å². The summed E-state index contributed by atoms with van der Waals surface area (Å²) < 4.78 is 1.30. The Bertz CT molecular complexity index is 839. The first-order valence-electron chi connectivity index (χ1n) is 8.04. The smallest absolute Gasteiger partial charge is 0.261 e. The van der Waals surface area contributed by atoms with Gasteiger partial charge in [0.05, 0.1) is 29.9 Å². The third kappa shape index (κ3) is 3.53. The highest BCUT2D eigenvalue weighted by Crippen LogP contribution is 2.13. The molecule has 1 aliphatic rings. The lowest BCUT2D eigenvalue weighted by molar-refractivity contribution is -0.121. The molecule has 0 saturated carbocycles. The fraction of sp³-hybridized carbons (Fsp3) is 0.438. The lowest BCUT2D eigenvalue weighted by atomic mass is 9.95. The molecule has 2 heterocycles. The molecule has 2 unspecified atom stereocenters. The molecule has 24 heavy (non-hydrogen) atoms. The van der Waals surface area contributed by atoms with Gasteiger partial charge in [0, 0.05) is 17.5 Å². The molecular weight excluding hydrogens is 328 g/mol. The van der Waals surface area contributed by atoms with Crippen molar-refractivity contribution in [3.8, 4) is 0 Å². The molecule has 1 fully saturated rings. The van der Waals surface area contributed by atoms with E-state index in [-0.39, 0.29) is 30.3 Å². The lowest BCUT2D eigenvalue weighted by Crippen LogP contribution is -2.46. The van der Waals surface area contributed by atoms with E-state index in [1.807, 2.05) is 7.85 Å². The predicted molar refractivity (Wildman–Crippen MR) is 95.8 cm³/mol. The zero-order valence-electron chi connectivity index (χ0n) is 13.5. The van der Waals surface area contributed by atoms with Crippen molar-refractivity contribution < 1.29 is 9.90 Å². The first-order valence-corrected chi connectivity index (χ1v) is 8.42. The molecule has 1 aliphatic heterocycles. The fourth-order valence-corrected chi connectivity index (χ4v) is 3.20. The number of nitrogens with zero attached hydrogens (tertiary/aromatic N) is 2. The molecule has 0 bridgehead atoms. The molecule has 0 aliphatic carbocycles. The number of nitrogens with one attached hydrogen (secondary N) is 1. The Labute approximate surface area is 145 Å². The van der Waals surface area contributed by atoms with E-state index in [1.54, 1.807) is 12.1 Å². The second kappa shape index (κ2) is 7.05. The Morgan fingerprint density at radius 1 is 1.50 bits per heavy atom. The number of aliphatic hydroxyl groups is 1. The molecule has 0 radical (unpaired) electrons. The Morgan fingerprint density at radius 2 is 2.29 bits per heavy atom. The SMILES string of the molecule is Bc1cc2ncn(CC(=O)CC3NCCCC3O)c(=O)c2cc1Cl. The van der Waals surface area contributed by atoms with E-state index in [1.165, 1.54) is 10.9 Å². The third-order valence-corrected chi connectivity index (χ3v) is 4.85. The van der Waals surface area contributed by atoms with Crippen molar-refractivity contribution in [1.29, 1.82) is 0 Å². The van der Waals surface area contributed by atoms with Gasteiger partial charge in [-0.2, -0.15) is 0 Å². The van der Waals surface area contributed by atoms with Gasteiger partial charge in [-0.15, -0.1) is 0 Å². The van der Waals surface area contributed by atoms with E-state index >= 15 is 0 Å². The second-order valence-corrected chi connectivity index (χ2v) is 6.72. The summed E-state index contributed by atoms with van der Waals surface area (Å²) in [5.41, 5.74) is 1.13. The number of piperidine rings is 1. The first-order chi connectivity index (χ1) is 11.5. The van der Waals surface area contributed by atoms with E-state index in [0.717, 1.165) is 18.4 Å². The number of carbonyl (C=O) groups excluding carboxylic acids is 1. The molecule has 1 aromatic heterocycles. The number of rotatable bonds is 4. The van der Waals surface area contributed by atoms with Crippen LogP contribution in [0.2, 0.25) is 5.02 Å². The van der Waals surface area contributed by atoms with Crippen LogP contribution in [0, 0.1) is 0 Å². The van der Waals surface area contributed by atoms with Crippen LogP contribution >= 0.6 is 11.6 Å². The average molecular weight is 348 g/mol. The van der Waals surface area contributed by atoms with Gasteiger partial charge in [-0.1, -0.05) is 17.1 Å². The Kier molecular flexibility index (Phi) is 5.03. The third-order valence-electron chi connectivity index (χ3n) is 4.45. The highest BCUT2D eigenvalue weighted by atomic mass is 35.5.